The molecule has 4 heterocycles. The molecule has 8 N–H and O–H groups in total. The number of halogens is 2. The Kier molecular flexibility index (Phi) is 17.9. The second kappa shape index (κ2) is 25.4. The summed E-state index contributed by atoms with van der Waals surface area (Å²) in [6.45, 7) is 4.95. The highest BCUT2D eigenvalue weighted by Crippen LogP contribution is 2.37. The zero-order chi connectivity index (χ0) is 53.6. The van der Waals surface area contributed by atoms with E-state index in [1.165, 1.54) is 25.0 Å². The highest BCUT2D eigenvalue weighted by molar-refractivity contribution is 6.32. The van der Waals surface area contributed by atoms with E-state index in [9.17, 15) is 20.1 Å². The van der Waals surface area contributed by atoms with E-state index in [1.54, 1.807) is 61.2 Å². The zero-order valence-electron chi connectivity index (χ0n) is 41.4. The van der Waals surface area contributed by atoms with Crippen LogP contribution < -0.4 is 41.0 Å². The molecule has 0 aliphatic heterocycles. The van der Waals surface area contributed by atoms with Crippen LogP contribution >= 0.6 is 23.2 Å². The lowest BCUT2D eigenvalue weighted by Gasteiger charge is -2.20. The first kappa shape index (κ1) is 53.5. The van der Waals surface area contributed by atoms with Gasteiger partial charge in [-0.25, -0.2) is 9.97 Å². The Labute approximate surface area is 448 Å². The van der Waals surface area contributed by atoms with Gasteiger partial charge in [-0.2, -0.15) is 10.5 Å². The van der Waals surface area contributed by atoms with Crippen molar-refractivity contribution < 1.29 is 28.5 Å². The highest BCUT2D eigenvalue weighted by Gasteiger charge is 2.22. The molecule has 2 atom stereocenters. The molecule has 2 amide bonds. The number of aromatic nitrogens is 6. The molecular formula is C56H52Cl2N12O6. The molecule has 0 aliphatic carbocycles. The molecule has 2 unspecified atom stereocenters. The minimum absolute atomic E-state index is 0.0912. The van der Waals surface area contributed by atoms with Crippen LogP contribution in [0.5, 0.6) is 23.0 Å². The third-order valence-electron chi connectivity index (χ3n) is 12.5. The first-order valence-corrected chi connectivity index (χ1v) is 24.6. The monoisotopic (exact) mass is 1060 g/mol. The Balaban J connectivity index is 0.990. The lowest BCUT2D eigenvalue weighted by Crippen LogP contribution is -2.42. The van der Waals surface area contributed by atoms with Crippen molar-refractivity contribution in [2.24, 2.45) is 11.5 Å². The molecule has 4 aromatic carbocycles. The summed E-state index contributed by atoms with van der Waals surface area (Å²) in [5.74, 6) is 0.540. The van der Waals surface area contributed by atoms with Crippen LogP contribution in [-0.2, 0) is 61.9 Å². The lowest BCUT2D eigenvalue weighted by molar-refractivity contribution is -0.120. The van der Waals surface area contributed by atoms with Crippen LogP contribution in [-0.4, -0.2) is 53.8 Å². The maximum Gasteiger partial charge on any atom is 0.234 e. The Bertz CT molecular complexity index is 3190. The molecule has 0 spiro atoms. The average molecular weight is 1060 g/mol. The van der Waals surface area contributed by atoms with Crippen LogP contribution in [0.4, 0.5) is 0 Å². The minimum atomic E-state index is -0.722. The fourth-order valence-corrected chi connectivity index (χ4v) is 8.80. The summed E-state index contributed by atoms with van der Waals surface area (Å²) in [6, 6.07) is 25.1. The molecule has 8 aromatic rings. The van der Waals surface area contributed by atoms with Gasteiger partial charge in [0.15, 0.2) is 0 Å². The Morgan fingerprint density at radius 1 is 0.566 bits per heavy atom. The average Bonchev–Trinajstić information content (AvgIpc) is 4.16. The van der Waals surface area contributed by atoms with Gasteiger partial charge < -0.3 is 51.0 Å². The number of ether oxygens (including phenoxy) is 4. The summed E-state index contributed by atoms with van der Waals surface area (Å²) in [5, 5.41) is 26.0. The number of nitriles is 2. The van der Waals surface area contributed by atoms with E-state index in [-0.39, 0.29) is 39.5 Å². The van der Waals surface area contributed by atoms with Gasteiger partial charge in [0.05, 0.1) is 45.9 Å². The standard InChI is InChI=1S/C56H52Cl2N12O6/c1-33-39(29-75-53-15-51(73-27-37-9-35(17-59)19-63-21-37)41(11-47(53)57)23-67-49(55(61)71)13-43-25-65-31-69-43)5-3-7-45(33)46-8-4-6-40(34(46)2)30-76-54-16-52(74-28-38-10-36(18-60)20-64-22-38)42(12-48(54)58)24-68-50(56(62)72)14-44-26-66-32-70-44/h3-12,15-16,19-22,25-26,31-32,49-50,67-68H,13-14,23-24,27-30H2,1-2H3,(H2,61,71)(H2,62,72)(H,65,69)(H,66,70). The van der Waals surface area contributed by atoms with Crippen molar-refractivity contribution in [1.82, 2.24) is 40.5 Å². The van der Waals surface area contributed by atoms with E-state index in [0.717, 1.165) is 44.8 Å². The number of aromatic amines is 2. The summed E-state index contributed by atoms with van der Waals surface area (Å²) < 4.78 is 25.5. The number of H-pyrrole nitrogens is 2. The van der Waals surface area contributed by atoms with E-state index < -0.39 is 23.9 Å². The van der Waals surface area contributed by atoms with Gasteiger partial charge in [0, 0.05) is 109 Å². The van der Waals surface area contributed by atoms with Crippen molar-refractivity contribution in [2.75, 3.05) is 0 Å². The molecule has 20 heteroatoms. The van der Waals surface area contributed by atoms with Crippen molar-refractivity contribution in [2.45, 2.75) is 78.3 Å². The largest absolute Gasteiger partial charge is 0.488 e. The number of imidazole rings is 2. The molecule has 18 nitrogen and oxygen atoms in total. The molecule has 0 fully saturated rings. The SMILES string of the molecule is Cc1c(COc2cc(OCc3cncc(C#N)c3)c(CNC(Cc3cnc[nH]3)C(N)=O)cc2Cl)cccc1-c1cccc(COc2cc(OCc3cncc(C#N)c3)c(CNC(Cc3cnc[nH]3)C(N)=O)cc2Cl)c1C. The van der Waals surface area contributed by atoms with Gasteiger partial charge in [-0.1, -0.05) is 59.6 Å². The lowest BCUT2D eigenvalue weighted by atomic mass is 9.92. The van der Waals surface area contributed by atoms with Crippen LogP contribution in [0.25, 0.3) is 11.1 Å². The second-order valence-corrected chi connectivity index (χ2v) is 18.6. The number of hydrogen-bond acceptors (Lipinski definition) is 14. The number of pyridine rings is 2. The number of nitrogens with zero attached hydrogens (tertiary/aromatic N) is 6. The Hall–Kier alpha value is -8.78. The molecule has 386 valence electrons. The van der Waals surface area contributed by atoms with Gasteiger partial charge in [-0.3, -0.25) is 19.6 Å². The molecular weight excluding hydrogens is 1010 g/mol. The van der Waals surface area contributed by atoms with Crippen LogP contribution in [0.3, 0.4) is 0 Å². The quantitative estimate of drug-likeness (QED) is 0.0317. The molecule has 8 rings (SSSR count). The Morgan fingerprint density at radius 3 is 1.37 bits per heavy atom. The topological polar surface area (TPSA) is 278 Å². The van der Waals surface area contributed by atoms with Crippen molar-refractivity contribution in [3.8, 4) is 46.3 Å². The van der Waals surface area contributed by atoms with Gasteiger partial charge in [-0.15, -0.1) is 0 Å². The third-order valence-corrected chi connectivity index (χ3v) is 13.1. The van der Waals surface area contributed by atoms with Crippen LogP contribution in [0.15, 0.2) is 123 Å². The number of nitrogens with two attached hydrogens (primary N) is 2. The maximum absolute atomic E-state index is 12.5. The number of carbonyl (C=O) groups is 2. The maximum atomic E-state index is 12.5. The summed E-state index contributed by atoms with van der Waals surface area (Å²) in [5.41, 5.74) is 22.3. The summed E-state index contributed by atoms with van der Waals surface area (Å²) in [4.78, 5) is 47.3. The molecule has 0 saturated heterocycles. The number of amides is 2. The van der Waals surface area contributed by atoms with Crippen LogP contribution in [0, 0.1) is 36.5 Å². The molecule has 0 aliphatic rings. The number of rotatable bonds is 25. The van der Waals surface area contributed by atoms with Gasteiger partial charge in [0.2, 0.25) is 11.8 Å². The molecule has 4 aromatic heterocycles. The van der Waals surface area contributed by atoms with Crippen LogP contribution in [0.2, 0.25) is 10.0 Å². The van der Waals surface area contributed by atoms with E-state index in [4.69, 9.17) is 53.6 Å². The third kappa shape index (κ3) is 13.9. The number of hydrogen-bond donors (Lipinski definition) is 6. The number of nitrogens with one attached hydrogen (secondary N) is 4. The van der Waals surface area contributed by atoms with E-state index in [2.05, 4.69) is 64.8 Å². The van der Waals surface area contributed by atoms with Crippen molar-refractivity contribution >= 4 is 35.0 Å². The molecule has 0 bridgehead atoms. The smallest absolute Gasteiger partial charge is 0.234 e. The zero-order valence-corrected chi connectivity index (χ0v) is 42.9. The number of primary amides is 2. The van der Waals surface area contributed by atoms with E-state index in [0.29, 0.717) is 79.3 Å². The highest BCUT2D eigenvalue weighted by atomic mass is 35.5. The van der Waals surface area contributed by atoms with Crippen LogP contribution in [0.1, 0.15) is 67.0 Å². The number of benzene rings is 4. The van der Waals surface area contributed by atoms with Crippen molar-refractivity contribution in [3.05, 3.63) is 200 Å². The van der Waals surface area contributed by atoms with Gasteiger partial charge in [0.1, 0.15) is 61.6 Å². The number of carbonyl (C=O) groups excluding carboxylic acids is 2. The predicted molar refractivity (Wildman–Crippen MR) is 284 cm³/mol. The van der Waals surface area contributed by atoms with Crippen molar-refractivity contribution in [1.29, 1.82) is 10.5 Å². The first-order chi connectivity index (χ1) is 36.8. The fourth-order valence-electron chi connectivity index (χ4n) is 8.32. The van der Waals surface area contributed by atoms with Gasteiger partial charge >= 0.3 is 0 Å². The molecule has 76 heavy (non-hydrogen) atoms. The predicted octanol–water partition coefficient (Wildman–Crippen LogP) is 7.95. The van der Waals surface area contributed by atoms with E-state index >= 15 is 0 Å². The van der Waals surface area contributed by atoms with Gasteiger partial charge in [0.25, 0.3) is 0 Å². The summed E-state index contributed by atoms with van der Waals surface area (Å²) in [7, 11) is 0. The molecule has 0 radical (unpaired) electrons. The first-order valence-electron chi connectivity index (χ1n) is 23.9. The van der Waals surface area contributed by atoms with Crippen molar-refractivity contribution in [3.63, 3.8) is 0 Å². The van der Waals surface area contributed by atoms with Gasteiger partial charge in [-0.05, 0) is 71.5 Å². The minimum Gasteiger partial charge on any atom is -0.488 e. The summed E-state index contributed by atoms with van der Waals surface area (Å²) >= 11 is 13.8. The summed E-state index contributed by atoms with van der Waals surface area (Å²) in [6.07, 6.45) is 13.1. The molecule has 0 saturated carbocycles. The fraction of sp³-hybridized carbons (Fsp3) is 0.214. The normalized spacial score (nSPS) is 11.8. The second-order valence-electron chi connectivity index (χ2n) is 17.7. The Morgan fingerprint density at radius 2 is 0.987 bits per heavy atom. The van der Waals surface area contributed by atoms with E-state index in [1.807, 2.05) is 38.1 Å².